The minimum Gasteiger partial charge on any atom is -0.337 e. The van der Waals surface area contributed by atoms with E-state index >= 15 is 0 Å². The van der Waals surface area contributed by atoms with Crippen LogP contribution in [0.15, 0.2) is 52.0 Å². The van der Waals surface area contributed by atoms with E-state index in [0.29, 0.717) is 28.5 Å². The van der Waals surface area contributed by atoms with Crippen LogP contribution in [0.25, 0.3) is 11.3 Å². The molecule has 1 aromatic carbocycles. The number of benzene rings is 1. The third kappa shape index (κ3) is 4.23. The lowest BCUT2D eigenvalue weighted by Gasteiger charge is -2.06. The Morgan fingerprint density at radius 1 is 1.07 bits per heavy atom. The Bertz CT molecular complexity index is 1200. The smallest absolute Gasteiger partial charge is 0.286 e. The monoisotopic (exact) mass is 430 g/mol. The summed E-state index contributed by atoms with van der Waals surface area (Å²) in [5, 5.41) is 13.0. The maximum atomic E-state index is 12.6. The number of aromatic nitrogens is 6. The summed E-state index contributed by atoms with van der Waals surface area (Å²) in [6, 6.07) is 9.36. The van der Waals surface area contributed by atoms with Crippen LogP contribution in [0.3, 0.4) is 0 Å². The Labute approximate surface area is 175 Å². The van der Waals surface area contributed by atoms with E-state index in [0.717, 1.165) is 12.0 Å². The minimum atomic E-state index is -0.439. The van der Waals surface area contributed by atoms with E-state index in [-0.39, 0.29) is 17.5 Å². The van der Waals surface area contributed by atoms with Crippen LogP contribution in [0, 0.1) is 0 Å². The molecular formula is C19H16Cl2N6O2. The zero-order valence-electron chi connectivity index (χ0n) is 15.4. The molecule has 10 heteroatoms. The second-order valence-electron chi connectivity index (χ2n) is 6.41. The number of aryl methyl sites for hydroxylation is 3. The van der Waals surface area contributed by atoms with Crippen molar-refractivity contribution in [2.75, 3.05) is 0 Å². The van der Waals surface area contributed by atoms with Crippen LogP contribution in [0.5, 0.6) is 0 Å². The third-order valence-corrected chi connectivity index (χ3v) is 5.04. The fourth-order valence-electron chi connectivity index (χ4n) is 2.89. The van der Waals surface area contributed by atoms with Crippen LogP contribution in [0.2, 0.25) is 10.0 Å². The van der Waals surface area contributed by atoms with Crippen LogP contribution in [0.4, 0.5) is 0 Å². The Balaban J connectivity index is 1.47. The Morgan fingerprint density at radius 2 is 1.86 bits per heavy atom. The van der Waals surface area contributed by atoms with Gasteiger partial charge in [0, 0.05) is 30.3 Å². The maximum Gasteiger partial charge on any atom is 0.286 e. The van der Waals surface area contributed by atoms with Crippen molar-refractivity contribution in [3.8, 4) is 11.3 Å². The molecule has 0 amide bonds. The van der Waals surface area contributed by atoms with Crippen molar-refractivity contribution in [1.29, 1.82) is 0 Å². The average molecular weight is 431 g/mol. The van der Waals surface area contributed by atoms with E-state index in [4.69, 9.17) is 27.7 Å². The molecule has 0 aliphatic heterocycles. The molecule has 0 spiro atoms. The molecule has 0 saturated heterocycles. The minimum absolute atomic E-state index is 0.0398. The first-order valence-corrected chi connectivity index (χ1v) is 9.57. The summed E-state index contributed by atoms with van der Waals surface area (Å²) in [7, 11) is 1.77. The van der Waals surface area contributed by atoms with Gasteiger partial charge in [-0.05, 0) is 30.2 Å². The molecule has 0 bridgehead atoms. The summed E-state index contributed by atoms with van der Waals surface area (Å²) >= 11 is 12.2. The van der Waals surface area contributed by atoms with Crippen LogP contribution < -0.4 is 5.56 Å². The molecule has 3 aromatic heterocycles. The standard InChI is InChI=1S/C19H16Cl2N6O2/c1-26-15(8-9-22-26)14-10-23-27(19(28)18(14)21)11-17-24-16(25-29-17)7-4-12-2-5-13(20)6-3-12/h2-3,5-6,8-10H,4,7,11H2,1H3. The number of hydrogen-bond donors (Lipinski definition) is 0. The van der Waals surface area contributed by atoms with E-state index < -0.39 is 5.56 Å². The first-order chi connectivity index (χ1) is 14.0. The van der Waals surface area contributed by atoms with Gasteiger partial charge in [0.1, 0.15) is 11.6 Å². The SMILES string of the molecule is Cn1nccc1-c1cnn(Cc2nc(CCc3ccc(Cl)cc3)no2)c(=O)c1Cl. The quantitative estimate of drug-likeness (QED) is 0.466. The van der Waals surface area contributed by atoms with Gasteiger partial charge in [-0.1, -0.05) is 40.5 Å². The zero-order chi connectivity index (χ0) is 20.4. The summed E-state index contributed by atoms with van der Waals surface area (Å²) in [6.07, 6.45) is 4.51. The van der Waals surface area contributed by atoms with Crippen molar-refractivity contribution < 1.29 is 4.52 Å². The van der Waals surface area contributed by atoms with E-state index in [1.165, 1.54) is 10.9 Å². The van der Waals surface area contributed by atoms with Gasteiger partial charge in [0.25, 0.3) is 5.56 Å². The van der Waals surface area contributed by atoms with Gasteiger partial charge in [-0.3, -0.25) is 9.48 Å². The summed E-state index contributed by atoms with van der Waals surface area (Å²) in [5.41, 5.74) is 1.90. The third-order valence-electron chi connectivity index (χ3n) is 4.43. The first kappa shape index (κ1) is 19.4. The summed E-state index contributed by atoms with van der Waals surface area (Å²) in [5.74, 6) is 0.843. The molecule has 0 aliphatic carbocycles. The zero-order valence-corrected chi connectivity index (χ0v) is 16.9. The Hall–Kier alpha value is -2.97. The second-order valence-corrected chi connectivity index (χ2v) is 7.22. The molecule has 0 aliphatic rings. The highest BCUT2D eigenvalue weighted by Gasteiger charge is 2.15. The summed E-state index contributed by atoms with van der Waals surface area (Å²) in [4.78, 5) is 16.9. The van der Waals surface area contributed by atoms with Crippen LogP contribution >= 0.6 is 23.2 Å². The summed E-state index contributed by atoms with van der Waals surface area (Å²) in [6.45, 7) is 0.0398. The van der Waals surface area contributed by atoms with Gasteiger partial charge in [0.2, 0.25) is 5.89 Å². The van der Waals surface area contributed by atoms with Gasteiger partial charge in [0.15, 0.2) is 5.82 Å². The van der Waals surface area contributed by atoms with Crippen molar-refractivity contribution in [2.24, 2.45) is 7.05 Å². The topological polar surface area (TPSA) is 91.6 Å². The molecule has 4 rings (SSSR count). The predicted molar refractivity (Wildman–Crippen MR) is 108 cm³/mol. The van der Waals surface area contributed by atoms with Gasteiger partial charge >= 0.3 is 0 Å². The lowest BCUT2D eigenvalue weighted by molar-refractivity contribution is 0.358. The van der Waals surface area contributed by atoms with E-state index in [1.807, 2.05) is 24.3 Å². The molecule has 0 radical (unpaired) electrons. The highest BCUT2D eigenvalue weighted by Crippen LogP contribution is 2.23. The lowest BCUT2D eigenvalue weighted by atomic mass is 10.1. The van der Waals surface area contributed by atoms with Crippen LogP contribution in [0.1, 0.15) is 17.3 Å². The molecule has 0 saturated carbocycles. The van der Waals surface area contributed by atoms with E-state index in [2.05, 4.69) is 20.3 Å². The van der Waals surface area contributed by atoms with Crippen molar-refractivity contribution in [1.82, 2.24) is 29.7 Å². The Kier molecular flexibility index (Phi) is 5.46. The molecule has 0 unspecified atom stereocenters. The van der Waals surface area contributed by atoms with Crippen molar-refractivity contribution >= 4 is 23.2 Å². The van der Waals surface area contributed by atoms with E-state index in [9.17, 15) is 4.79 Å². The maximum absolute atomic E-state index is 12.6. The molecule has 0 atom stereocenters. The lowest BCUT2D eigenvalue weighted by Crippen LogP contribution is -2.24. The number of nitrogens with zero attached hydrogens (tertiary/aromatic N) is 6. The van der Waals surface area contributed by atoms with E-state index in [1.54, 1.807) is 24.0 Å². The molecule has 0 N–H and O–H groups in total. The molecule has 0 fully saturated rings. The fourth-order valence-corrected chi connectivity index (χ4v) is 3.25. The Morgan fingerprint density at radius 3 is 2.59 bits per heavy atom. The predicted octanol–water partition coefficient (Wildman–Crippen LogP) is 3.17. The molecule has 3 heterocycles. The van der Waals surface area contributed by atoms with Crippen molar-refractivity contribution in [2.45, 2.75) is 19.4 Å². The van der Waals surface area contributed by atoms with Gasteiger partial charge in [0.05, 0.1) is 11.9 Å². The average Bonchev–Trinajstić information content (AvgIpc) is 3.34. The molecule has 148 valence electrons. The molecular weight excluding hydrogens is 415 g/mol. The molecule has 29 heavy (non-hydrogen) atoms. The fraction of sp³-hybridized carbons (Fsp3) is 0.211. The highest BCUT2D eigenvalue weighted by molar-refractivity contribution is 6.33. The van der Waals surface area contributed by atoms with Gasteiger partial charge < -0.3 is 4.52 Å². The van der Waals surface area contributed by atoms with Crippen molar-refractivity contribution in [3.63, 3.8) is 0 Å². The second kappa shape index (κ2) is 8.18. The van der Waals surface area contributed by atoms with Crippen LogP contribution in [-0.2, 0) is 26.4 Å². The molecule has 4 aromatic rings. The first-order valence-electron chi connectivity index (χ1n) is 8.81. The number of hydrogen-bond acceptors (Lipinski definition) is 6. The van der Waals surface area contributed by atoms with Gasteiger partial charge in [-0.25, -0.2) is 4.68 Å². The van der Waals surface area contributed by atoms with Crippen LogP contribution in [-0.4, -0.2) is 29.7 Å². The van der Waals surface area contributed by atoms with Gasteiger partial charge in [-0.15, -0.1) is 0 Å². The van der Waals surface area contributed by atoms with Crippen molar-refractivity contribution in [3.05, 3.63) is 80.4 Å². The normalized spacial score (nSPS) is 11.1. The molecule has 8 nitrogen and oxygen atoms in total. The summed E-state index contributed by atoms with van der Waals surface area (Å²) < 4.78 is 8.07. The van der Waals surface area contributed by atoms with Gasteiger partial charge in [-0.2, -0.15) is 15.2 Å². The number of rotatable bonds is 6. The largest absolute Gasteiger partial charge is 0.337 e. The highest BCUT2D eigenvalue weighted by atomic mass is 35.5. The number of halogens is 2.